The van der Waals surface area contributed by atoms with Crippen LogP contribution in [0, 0.1) is 0 Å². The van der Waals surface area contributed by atoms with Crippen LogP contribution < -0.4 is 0 Å². The maximum Gasteiger partial charge on any atom is 0.279 e. The van der Waals surface area contributed by atoms with Crippen molar-refractivity contribution < 1.29 is 39.4 Å². The molecule has 0 bridgehead atoms. The van der Waals surface area contributed by atoms with Crippen LogP contribution in [0.25, 0.3) is 0 Å². The Kier molecular flexibility index (Phi) is 5.16. The molecule has 8 heteroatoms. The Labute approximate surface area is 98.3 Å². The highest BCUT2D eigenvalue weighted by Gasteiger charge is 2.66. The fourth-order valence-electron chi connectivity index (χ4n) is 1.36. The number of rotatable bonds is 7. The third-order valence-corrected chi connectivity index (χ3v) is 2.65. The predicted molar refractivity (Wildman–Crippen MR) is 53.6 cm³/mol. The van der Waals surface area contributed by atoms with Gasteiger partial charge in [0.05, 0.1) is 0 Å². The number of methoxy groups -OCH3 is 3. The number of aldehydes is 1. The van der Waals surface area contributed by atoms with E-state index in [2.05, 4.69) is 14.2 Å². The van der Waals surface area contributed by atoms with Gasteiger partial charge in [0.1, 0.15) is 0 Å². The molecule has 4 atom stereocenters. The van der Waals surface area contributed by atoms with Crippen LogP contribution in [0.3, 0.4) is 0 Å². The molecular weight excluding hydrogens is 236 g/mol. The van der Waals surface area contributed by atoms with E-state index in [-0.39, 0.29) is 6.29 Å². The molecule has 0 aromatic carbocycles. The van der Waals surface area contributed by atoms with Gasteiger partial charge in [-0.05, 0) is 6.92 Å². The zero-order valence-electron chi connectivity index (χ0n) is 10.1. The molecule has 17 heavy (non-hydrogen) atoms. The number of hydrogen-bond acceptors (Lipinski definition) is 8. The summed E-state index contributed by atoms with van der Waals surface area (Å²) < 4.78 is 13.6. The highest BCUT2D eigenvalue weighted by atomic mass is 16.8. The molecule has 0 amide bonds. The summed E-state index contributed by atoms with van der Waals surface area (Å²) in [4.78, 5) is 10.5. The Morgan fingerprint density at radius 3 is 1.76 bits per heavy atom. The van der Waals surface area contributed by atoms with E-state index in [1.807, 2.05) is 0 Å². The lowest BCUT2D eigenvalue weighted by Crippen LogP contribution is -2.73. The molecule has 0 saturated heterocycles. The van der Waals surface area contributed by atoms with E-state index in [1.54, 1.807) is 0 Å². The molecule has 0 heterocycles. The zero-order chi connectivity index (χ0) is 13.9. The number of carbonyl (C=O) groups excluding carboxylic acids is 1. The molecule has 0 spiro atoms. The molecule has 0 aromatic rings. The lowest BCUT2D eigenvalue weighted by atomic mass is 9.92. The van der Waals surface area contributed by atoms with Crippen LogP contribution in [0.4, 0.5) is 0 Å². The maximum atomic E-state index is 10.5. The van der Waals surface area contributed by atoms with Crippen molar-refractivity contribution in [2.24, 2.45) is 0 Å². The SMILES string of the molecule is COC(C)(O)C(O)(OC)C(O)(OC)C(O)C=O. The number of hydrogen-bond donors (Lipinski definition) is 4. The van der Waals surface area contributed by atoms with Crippen molar-refractivity contribution in [3.63, 3.8) is 0 Å². The van der Waals surface area contributed by atoms with Crippen LogP contribution in [-0.4, -0.2) is 71.5 Å². The van der Waals surface area contributed by atoms with Crippen LogP contribution in [0.1, 0.15) is 6.92 Å². The number of aliphatic hydroxyl groups excluding tert-OH is 1. The third kappa shape index (κ3) is 2.33. The molecule has 0 aromatic heterocycles. The Morgan fingerprint density at radius 2 is 1.53 bits per heavy atom. The van der Waals surface area contributed by atoms with E-state index in [0.717, 1.165) is 28.3 Å². The predicted octanol–water partition coefficient (Wildman–Crippen LogP) is -2.43. The number of ether oxygens (including phenoxy) is 3. The van der Waals surface area contributed by atoms with Crippen molar-refractivity contribution in [3.05, 3.63) is 0 Å². The topological polar surface area (TPSA) is 126 Å². The molecule has 0 saturated carbocycles. The maximum absolute atomic E-state index is 10.5. The van der Waals surface area contributed by atoms with Gasteiger partial charge in [0, 0.05) is 21.3 Å². The average molecular weight is 254 g/mol. The first-order chi connectivity index (χ1) is 7.66. The highest BCUT2D eigenvalue weighted by molar-refractivity contribution is 5.58. The van der Waals surface area contributed by atoms with Gasteiger partial charge >= 0.3 is 0 Å². The van der Waals surface area contributed by atoms with Gasteiger partial charge in [0.2, 0.25) is 5.79 Å². The molecular formula is C9H18O8. The largest absolute Gasteiger partial charge is 0.380 e. The Hall–Kier alpha value is -0.610. The lowest BCUT2D eigenvalue weighted by molar-refractivity contribution is -0.470. The fraction of sp³-hybridized carbons (Fsp3) is 0.889. The summed E-state index contributed by atoms with van der Waals surface area (Å²) in [6.45, 7) is 0.956. The molecule has 102 valence electrons. The van der Waals surface area contributed by atoms with Gasteiger partial charge in [0.15, 0.2) is 12.4 Å². The normalized spacial score (nSPS) is 24.2. The minimum atomic E-state index is -2.91. The van der Waals surface area contributed by atoms with Crippen LogP contribution in [-0.2, 0) is 19.0 Å². The Bertz CT molecular complexity index is 268. The van der Waals surface area contributed by atoms with Crippen LogP contribution in [0.2, 0.25) is 0 Å². The smallest absolute Gasteiger partial charge is 0.279 e. The summed E-state index contributed by atoms with van der Waals surface area (Å²) in [6.07, 6.45) is -2.25. The average Bonchev–Trinajstić information content (AvgIpc) is 2.34. The Morgan fingerprint density at radius 1 is 1.06 bits per heavy atom. The van der Waals surface area contributed by atoms with E-state index in [1.165, 1.54) is 0 Å². The lowest BCUT2D eigenvalue weighted by Gasteiger charge is -2.47. The van der Waals surface area contributed by atoms with E-state index >= 15 is 0 Å². The Balaban J connectivity index is 5.68. The van der Waals surface area contributed by atoms with Gasteiger partial charge in [0.25, 0.3) is 11.6 Å². The quantitative estimate of drug-likeness (QED) is 0.292. The second-order valence-corrected chi connectivity index (χ2v) is 3.52. The van der Waals surface area contributed by atoms with E-state index in [4.69, 9.17) is 0 Å². The summed E-state index contributed by atoms with van der Waals surface area (Å²) in [5.41, 5.74) is 0. The summed E-state index contributed by atoms with van der Waals surface area (Å²) >= 11 is 0. The summed E-state index contributed by atoms with van der Waals surface area (Å²) in [5.74, 6) is -8.26. The molecule has 0 aliphatic carbocycles. The second-order valence-electron chi connectivity index (χ2n) is 3.52. The van der Waals surface area contributed by atoms with Gasteiger partial charge in [-0.3, -0.25) is 0 Å². The minimum Gasteiger partial charge on any atom is -0.380 e. The van der Waals surface area contributed by atoms with Crippen molar-refractivity contribution in [1.82, 2.24) is 0 Å². The van der Waals surface area contributed by atoms with Crippen molar-refractivity contribution in [1.29, 1.82) is 0 Å². The van der Waals surface area contributed by atoms with Crippen LogP contribution in [0.5, 0.6) is 0 Å². The summed E-state index contributed by atoms with van der Waals surface area (Å²) in [6, 6.07) is 0. The molecule has 4 N–H and O–H groups in total. The molecule has 0 rings (SSSR count). The molecule has 0 radical (unpaired) electrons. The standard InChI is InChI=1S/C9H18O8/c1-7(12,15-2)9(14,17-4)8(13,16-3)6(11)5-10/h5-6,11-14H,1-4H3. The second kappa shape index (κ2) is 5.36. The fourth-order valence-corrected chi connectivity index (χ4v) is 1.36. The van der Waals surface area contributed by atoms with Crippen molar-refractivity contribution in [2.45, 2.75) is 30.4 Å². The first kappa shape index (κ1) is 16.4. The van der Waals surface area contributed by atoms with Crippen molar-refractivity contribution in [3.8, 4) is 0 Å². The van der Waals surface area contributed by atoms with Crippen molar-refractivity contribution in [2.75, 3.05) is 21.3 Å². The van der Waals surface area contributed by atoms with Crippen LogP contribution >= 0.6 is 0 Å². The monoisotopic (exact) mass is 254 g/mol. The molecule has 8 nitrogen and oxygen atoms in total. The van der Waals surface area contributed by atoms with Gasteiger partial charge in [-0.25, -0.2) is 0 Å². The molecule has 4 unspecified atom stereocenters. The summed E-state index contributed by atoms with van der Waals surface area (Å²) in [7, 11) is 2.85. The molecule has 0 aliphatic heterocycles. The van der Waals surface area contributed by atoms with Gasteiger partial charge in [-0.2, -0.15) is 0 Å². The minimum absolute atomic E-state index is 0.0841. The van der Waals surface area contributed by atoms with E-state index in [9.17, 15) is 25.2 Å². The van der Waals surface area contributed by atoms with Gasteiger partial charge < -0.3 is 39.4 Å². The van der Waals surface area contributed by atoms with Gasteiger partial charge in [-0.15, -0.1) is 0 Å². The van der Waals surface area contributed by atoms with Crippen LogP contribution in [0.15, 0.2) is 0 Å². The van der Waals surface area contributed by atoms with E-state index < -0.39 is 23.5 Å². The highest BCUT2D eigenvalue weighted by Crippen LogP contribution is 2.37. The number of aliphatic hydroxyl groups is 4. The number of carbonyl (C=O) groups is 1. The first-order valence-corrected chi connectivity index (χ1v) is 4.62. The summed E-state index contributed by atoms with van der Waals surface area (Å²) in [5, 5.41) is 39.2. The molecule has 0 fully saturated rings. The van der Waals surface area contributed by atoms with E-state index in [0.29, 0.717) is 0 Å². The van der Waals surface area contributed by atoms with Crippen molar-refractivity contribution >= 4 is 6.29 Å². The first-order valence-electron chi connectivity index (χ1n) is 4.62. The third-order valence-electron chi connectivity index (χ3n) is 2.65. The molecule has 0 aliphatic rings. The zero-order valence-corrected chi connectivity index (χ0v) is 10.1. The van der Waals surface area contributed by atoms with Gasteiger partial charge in [-0.1, -0.05) is 0 Å².